The van der Waals surface area contributed by atoms with E-state index in [1.54, 1.807) is 32.9 Å². The molecule has 0 aliphatic rings. The molecule has 0 aliphatic heterocycles. The van der Waals surface area contributed by atoms with Crippen LogP contribution in [0.1, 0.15) is 20.8 Å². The van der Waals surface area contributed by atoms with E-state index in [9.17, 15) is 9.59 Å². The predicted molar refractivity (Wildman–Crippen MR) is 93.7 cm³/mol. The summed E-state index contributed by atoms with van der Waals surface area (Å²) in [6, 6.07) is 13.1. The lowest BCUT2D eigenvalue weighted by Crippen LogP contribution is -2.29. The number of aromatic amines is 1. The Hall–Kier alpha value is -3.02. The Balaban J connectivity index is 2.05. The summed E-state index contributed by atoms with van der Waals surface area (Å²) in [7, 11) is 0. The van der Waals surface area contributed by atoms with Gasteiger partial charge in [-0.05, 0) is 12.1 Å². The first kappa shape index (κ1) is 15.9. The van der Waals surface area contributed by atoms with E-state index < -0.39 is 5.41 Å². The van der Waals surface area contributed by atoms with Gasteiger partial charge in [0.25, 0.3) is 5.56 Å². The fourth-order valence-corrected chi connectivity index (χ4v) is 2.14. The van der Waals surface area contributed by atoms with Gasteiger partial charge in [0.2, 0.25) is 11.9 Å². The minimum absolute atomic E-state index is 0.102. The van der Waals surface area contributed by atoms with E-state index >= 15 is 0 Å². The van der Waals surface area contributed by atoms with E-state index in [1.165, 1.54) is 0 Å². The molecule has 2 aromatic heterocycles. The Labute approximate surface area is 139 Å². The summed E-state index contributed by atoms with van der Waals surface area (Å²) in [6.45, 7) is 5.35. The fourth-order valence-electron chi connectivity index (χ4n) is 2.14. The van der Waals surface area contributed by atoms with E-state index in [0.717, 1.165) is 5.56 Å². The Morgan fingerprint density at radius 1 is 1.04 bits per heavy atom. The fraction of sp³-hybridized carbons (Fsp3) is 0.222. The molecule has 6 heteroatoms. The van der Waals surface area contributed by atoms with Gasteiger partial charge in [0, 0.05) is 11.0 Å². The molecule has 0 spiro atoms. The van der Waals surface area contributed by atoms with Crippen LogP contribution >= 0.6 is 0 Å². The molecule has 24 heavy (non-hydrogen) atoms. The first-order chi connectivity index (χ1) is 11.3. The van der Waals surface area contributed by atoms with Gasteiger partial charge in [0.15, 0.2) is 5.65 Å². The lowest BCUT2D eigenvalue weighted by atomic mass is 9.96. The molecule has 2 N–H and O–H groups in total. The van der Waals surface area contributed by atoms with Crippen LogP contribution in [-0.4, -0.2) is 20.9 Å². The Morgan fingerprint density at radius 3 is 2.42 bits per heavy atom. The lowest BCUT2D eigenvalue weighted by molar-refractivity contribution is -0.123. The van der Waals surface area contributed by atoms with Crippen molar-refractivity contribution in [3.05, 3.63) is 52.8 Å². The van der Waals surface area contributed by atoms with Gasteiger partial charge in [-0.25, -0.2) is 4.98 Å². The molecule has 3 aromatic rings. The average molecular weight is 322 g/mol. The third-order valence-corrected chi connectivity index (χ3v) is 3.55. The number of nitrogens with one attached hydrogen (secondary N) is 2. The highest BCUT2D eigenvalue weighted by molar-refractivity contribution is 5.93. The lowest BCUT2D eigenvalue weighted by Gasteiger charge is -2.16. The molecular formula is C18H18N4O2. The standard InChI is InChI=1S/C18H18N4O2/c1-18(2,3)16(24)22-17-20-14-12(15(23)21-17)9-10-13(19-14)11-7-5-4-6-8-11/h4-10H,1-3H3,(H2,19,20,21,22,23,24). The molecule has 6 nitrogen and oxygen atoms in total. The van der Waals surface area contributed by atoms with Crippen LogP contribution in [0.5, 0.6) is 0 Å². The van der Waals surface area contributed by atoms with Crippen molar-refractivity contribution in [2.75, 3.05) is 5.32 Å². The first-order valence-electron chi connectivity index (χ1n) is 7.62. The van der Waals surface area contributed by atoms with Crippen molar-refractivity contribution in [3.63, 3.8) is 0 Å². The molecule has 2 heterocycles. The van der Waals surface area contributed by atoms with E-state index in [2.05, 4.69) is 20.3 Å². The van der Waals surface area contributed by atoms with E-state index in [0.29, 0.717) is 16.7 Å². The molecule has 0 radical (unpaired) electrons. The number of rotatable bonds is 2. The van der Waals surface area contributed by atoms with Crippen LogP contribution in [0, 0.1) is 5.41 Å². The molecule has 0 fully saturated rings. The maximum absolute atomic E-state index is 12.2. The van der Waals surface area contributed by atoms with Gasteiger partial charge < -0.3 is 0 Å². The van der Waals surface area contributed by atoms with Crippen molar-refractivity contribution in [1.29, 1.82) is 0 Å². The van der Waals surface area contributed by atoms with Crippen molar-refractivity contribution in [2.45, 2.75) is 20.8 Å². The Kier molecular flexibility index (Phi) is 3.89. The van der Waals surface area contributed by atoms with Gasteiger partial charge in [-0.15, -0.1) is 0 Å². The monoisotopic (exact) mass is 322 g/mol. The number of carbonyl (C=O) groups is 1. The second-order valence-corrected chi connectivity index (χ2v) is 6.55. The summed E-state index contributed by atoms with van der Waals surface area (Å²) in [6.07, 6.45) is 0. The van der Waals surface area contributed by atoms with Gasteiger partial charge in [-0.3, -0.25) is 19.9 Å². The van der Waals surface area contributed by atoms with Gasteiger partial charge in [-0.2, -0.15) is 4.98 Å². The molecule has 0 saturated carbocycles. The molecule has 0 atom stereocenters. The zero-order chi connectivity index (χ0) is 17.3. The molecular weight excluding hydrogens is 304 g/mol. The van der Waals surface area contributed by atoms with Crippen LogP contribution in [0.3, 0.4) is 0 Å². The van der Waals surface area contributed by atoms with Crippen molar-refractivity contribution < 1.29 is 4.79 Å². The highest BCUT2D eigenvalue weighted by atomic mass is 16.2. The number of amides is 1. The molecule has 0 unspecified atom stereocenters. The van der Waals surface area contributed by atoms with Crippen LogP contribution < -0.4 is 10.9 Å². The Bertz CT molecular complexity index is 956. The predicted octanol–water partition coefficient (Wildman–Crippen LogP) is 2.97. The van der Waals surface area contributed by atoms with Gasteiger partial charge in [-0.1, -0.05) is 51.1 Å². The van der Waals surface area contributed by atoms with Crippen molar-refractivity contribution in [1.82, 2.24) is 15.0 Å². The first-order valence-corrected chi connectivity index (χ1v) is 7.62. The zero-order valence-electron chi connectivity index (χ0n) is 13.8. The number of benzene rings is 1. The van der Waals surface area contributed by atoms with Gasteiger partial charge in [0.05, 0.1) is 11.1 Å². The van der Waals surface area contributed by atoms with E-state index in [4.69, 9.17) is 0 Å². The van der Waals surface area contributed by atoms with Crippen LogP contribution in [0.15, 0.2) is 47.3 Å². The summed E-state index contributed by atoms with van der Waals surface area (Å²) in [5.41, 5.74) is 1.02. The van der Waals surface area contributed by atoms with Gasteiger partial charge >= 0.3 is 0 Å². The molecule has 0 bridgehead atoms. The summed E-state index contributed by atoms with van der Waals surface area (Å²) < 4.78 is 0. The molecule has 1 aromatic carbocycles. The average Bonchev–Trinajstić information content (AvgIpc) is 2.54. The third-order valence-electron chi connectivity index (χ3n) is 3.55. The maximum Gasteiger partial charge on any atom is 0.261 e. The number of H-pyrrole nitrogens is 1. The molecule has 1 amide bonds. The minimum Gasteiger partial charge on any atom is -0.296 e. The molecule has 122 valence electrons. The summed E-state index contributed by atoms with van der Waals surface area (Å²) in [5.74, 6) is -0.130. The number of hydrogen-bond acceptors (Lipinski definition) is 4. The summed E-state index contributed by atoms with van der Waals surface area (Å²) in [4.78, 5) is 35.6. The van der Waals surface area contributed by atoms with E-state index in [-0.39, 0.29) is 17.4 Å². The van der Waals surface area contributed by atoms with Crippen molar-refractivity contribution in [2.24, 2.45) is 5.41 Å². The Morgan fingerprint density at radius 2 is 1.75 bits per heavy atom. The van der Waals surface area contributed by atoms with Crippen LogP contribution in [-0.2, 0) is 4.79 Å². The number of hydrogen-bond donors (Lipinski definition) is 2. The maximum atomic E-state index is 12.2. The summed E-state index contributed by atoms with van der Waals surface area (Å²) >= 11 is 0. The molecule has 0 aliphatic carbocycles. The number of carbonyl (C=O) groups excluding carboxylic acids is 1. The smallest absolute Gasteiger partial charge is 0.261 e. The quantitative estimate of drug-likeness (QED) is 0.759. The number of aromatic nitrogens is 3. The SMILES string of the molecule is CC(C)(C)C(=O)Nc1nc2nc(-c3ccccc3)ccc2c(=O)[nH]1. The largest absolute Gasteiger partial charge is 0.296 e. The minimum atomic E-state index is -0.590. The number of nitrogens with zero attached hydrogens (tertiary/aromatic N) is 2. The highest BCUT2D eigenvalue weighted by Crippen LogP contribution is 2.19. The number of pyridine rings is 1. The molecule has 3 rings (SSSR count). The van der Waals surface area contributed by atoms with Crippen molar-refractivity contribution >= 4 is 22.9 Å². The van der Waals surface area contributed by atoms with Gasteiger partial charge in [0.1, 0.15) is 0 Å². The normalized spacial score (nSPS) is 11.5. The van der Waals surface area contributed by atoms with E-state index in [1.807, 2.05) is 30.3 Å². The second-order valence-electron chi connectivity index (χ2n) is 6.55. The zero-order valence-corrected chi connectivity index (χ0v) is 13.8. The highest BCUT2D eigenvalue weighted by Gasteiger charge is 2.22. The number of fused-ring (bicyclic) bond motifs is 1. The topological polar surface area (TPSA) is 87.7 Å². The number of anilines is 1. The van der Waals surface area contributed by atoms with Crippen molar-refractivity contribution in [3.8, 4) is 11.3 Å². The van der Waals surface area contributed by atoms with Crippen LogP contribution in [0.2, 0.25) is 0 Å². The third kappa shape index (κ3) is 3.17. The molecule has 0 saturated heterocycles. The van der Waals surface area contributed by atoms with Crippen LogP contribution in [0.4, 0.5) is 5.95 Å². The summed E-state index contributed by atoms with van der Waals surface area (Å²) in [5, 5.41) is 3.01. The second kappa shape index (κ2) is 5.88. The van der Waals surface area contributed by atoms with Crippen LogP contribution in [0.25, 0.3) is 22.3 Å².